The average Bonchev–Trinajstić information content (AvgIpc) is 2.72. The van der Waals surface area contributed by atoms with Crippen molar-refractivity contribution in [3.05, 3.63) is 42.1 Å². The largest absolute Gasteiger partial charge is 0.497 e. The van der Waals surface area contributed by atoms with E-state index in [0.717, 1.165) is 35.6 Å². The molecular weight excluding hydrogens is 353 g/mol. The van der Waals surface area contributed by atoms with E-state index in [0.29, 0.717) is 5.92 Å². The van der Waals surface area contributed by atoms with Crippen molar-refractivity contribution in [2.75, 3.05) is 14.2 Å². The van der Waals surface area contributed by atoms with Crippen molar-refractivity contribution in [2.24, 2.45) is 5.92 Å². The molecule has 0 saturated carbocycles. The predicted molar refractivity (Wildman–Crippen MR) is 118 cm³/mol. The van der Waals surface area contributed by atoms with Gasteiger partial charge in [-0.25, -0.2) is 4.98 Å². The van der Waals surface area contributed by atoms with Crippen LogP contribution in [0.2, 0.25) is 0 Å². The van der Waals surface area contributed by atoms with Crippen LogP contribution in [0.25, 0.3) is 11.1 Å². The van der Waals surface area contributed by atoms with Crippen LogP contribution in [0.3, 0.4) is 0 Å². The molecule has 0 saturated heterocycles. The van der Waals surface area contributed by atoms with Gasteiger partial charge in [0.1, 0.15) is 5.75 Å². The highest BCUT2D eigenvalue weighted by molar-refractivity contribution is 7.18. The molecule has 0 aliphatic rings. The van der Waals surface area contributed by atoms with Crippen LogP contribution in [0.15, 0.2) is 36.5 Å². The topological polar surface area (TPSA) is 31.4 Å². The second-order valence-electron chi connectivity index (χ2n) is 7.32. The Kier molecular flexibility index (Phi) is 8.10. The Morgan fingerprint density at radius 2 is 1.74 bits per heavy atom. The zero-order valence-corrected chi connectivity index (χ0v) is 18.6. The average molecular weight is 388 g/mol. The minimum Gasteiger partial charge on any atom is -0.497 e. The van der Waals surface area contributed by atoms with Gasteiger partial charge in [0.25, 0.3) is 0 Å². The van der Waals surface area contributed by atoms with Crippen LogP contribution in [0, 0.1) is 5.92 Å². The maximum absolute atomic E-state index is 5.68. The maximum Gasteiger partial charge on any atom is 0.217 e. The van der Waals surface area contributed by atoms with Gasteiger partial charge in [0.2, 0.25) is 5.88 Å². The number of hydrogen-bond acceptors (Lipinski definition) is 3. The standard InChI is InChI=1S/C23H34NO2P/c1-6-8-9-14-23(27,17(3)7-2)21-15-19(16-24-22(21)26-5)18-10-12-20(25-4)13-11-18/h10-13,15-17H,6-9,14,27H2,1-5H3. The highest BCUT2D eigenvalue weighted by Gasteiger charge is 2.35. The first kappa shape index (κ1) is 21.7. The van der Waals surface area contributed by atoms with Crippen molar-refractivity contribution in [1.82, 2.24) is 4.98 Å². The van der Waals surface area contributed by atoms with Crippen molar-refractivity contribution in [3.63, 3.8) is 0 Å². The summed E-state index contributed by atoms with van der Waals surface area (Å²) in [4.78, 5) is 4.66. The van der Waals surface area contributed by atoms with Gasteiger partial charge in [-0.1, -0.05) is 58.6 Å². The smallest absolute Gasteiger partial charge is 0.217 e. The molecule has 1 aromatic heterocycles. The molecule has 1 aromatic carbocycles. The van der Waals surface area contributed by atoms with E-state index in [2.05, 4.69) is 53.2 Å². The fourth-order valence-electron chi connectivity index (χ4n) is 3.57. The summed E-state index contributed by atoms with van der Waals surface area (Å²) >= 11 is 0. The molecule has 2 aromatic rings. The van der Waals surface area contributed by atoms with Gasteiger partial charge < -0.3 is 9.47 Å². The predicted octanol–water partition coefficient (Wildman–Crippen LogP) is 6.46. The van der Waals surface area contributed by atoms with Crippen molar-refractivity contribution in [3.8, 4) is 22.8 Å². The monoisotopic (exact) mass is 387 g/mol. The zero-order chi connectivity index (χ0) is 19.9. The van der Waals surface area contributed by atoms with E-state index >= 15 is 0 Å². The number of rotatable bonds is 10. The Morgan fingerprint density at radius 1 is 1.04 bits per heavy atom. The van der Waals surface area contributed by atoms with E-state index in [9.17, 15) is 0 Å². The van der Waals surface area contributed by atoms with Crippen molar-refractivity contribution in [1.29, 1.82) is 0 Å². The minimum atomic E-state index is -0.0370. The van der Waals surface area contributed by atoms with E-state index < -0.39 is 0 Å². The summed E-state index contributed by atoms with van der Waals surface area (Å²) < 4.78 is 11.0. The van der Waals surface area contributed by atoms with Gasteiger partial charge in [-0.2, -0.15) is 0 Å². The first-order valence-electron chi connectivity index (χ1n) is 9.97. The van der Waals surface area contributed by atoms with Crippen LogP contribution in [0.5, 0.6) is 11.6 Å². The van der Waals surface area contributed by atoms with E-state index in [1.807, 2.05) is 18.3 Å². The molecule has 0 spiro atoms. The third-order valence-corrected chi connectivity index (χ3v) is 6.82. The van der Waals surface area contributed by atoms with Crippen LogP contribution in [-0.4, -0.2) is 19.2 Å². The zero-order valence-electron chi connectivity index (χ0n) is 17.4. The van der Waals surface area contributed by atoms with E-state index in [1.54, 1.807) is 14.2 Å². The molecule has 0 radical (unpaired) electrons. The Labute approximate surface area is 167 Å². The van der Waals surface area contributed by atoms with Crippen LogP contribution < -0.4 is 9.47 Å². The van der Waals surface area contributed by atoms with Crippen LogP contribution in [0.1, 0.15) is 58.4 Å². The Bertz CT molecular complexity index is 717. The fourth-order valence-corrected chi connectivity index (χ4v) is 4.21. The summed E-state index contributed by atoms with van der Waals surface area (Å²) in [5.74, 6) is 2.11. The number of pyridine rings is 1. The molecule has 0 bridgehead atoms. The van der Waals surface area contributed by atoms with Gasteiger partial charge in [0.05, 0.1) is 14.2 Å². The van der Waals surface area contributed by atoms with Gasteiger partial charge in [-0.05, 0) is 36.1 Å². The summed E-state index contributed by atoms with van der Waals surface area (Å²) in [6.07, 6.45) is 7.82. The second-order valence-corrected chi connectivity index (χ2v) is 8.35. The number of benzene rings is 1. The number of nitrogens with zero attached hydrogens (tertiary/aromatic N) is 1. The third kappa shape index (κ3) is 5.02. The maximum atomic E-state index is 5.68. The Morgan fingerprint density at radius 3 is 2.30 bits per heavy atom. The minimum absolute atomic E-state index is 0.0370. The molecular formula is C23H34NO2P. The van der Waals surface area contributed by atoms with Crippen LogP contribution in [0.4, 0.5) is 0 Å². The quantitative estimate of drug-likeness (QED) is 0.346. The lowest BCUT2D eigenvalue weighted by Gasteiger charge is -2.37. The summed E-state index contributed by atoms with van der Waals surface area (Å²) in [7, 11) is 6.56. The van der Waals surface area contributed by atoms with Crippen molar-refractivity contribution in [2.45, 2.75) is 58.0 Å². The molecule has 0 aliphatic heterocycles. The number of hydrogen-bond donors (Lipinski definition) is 0. The highest BCUT2D eigenvalue weighted by Crippen LogP contribution is 2.48. The summed E-state index contributed by atoms with van der Waals surface area (Å²) in [5, 5.41) is -0.0370. The van der Waals surface area contributed by atoms with Crippen LogP contribution >= 0.6 is 9.24 Å². The van der Waals surface area contributed by atoms with Gasteiger partial charge >= 0.3 is 0 Å². The van der Waals surface area contributed by atoms with E-state index in [1.165, 1.54) is 24.8 Å². The molecule has 4 heteroatoms. The number of aromatic nitrogens is 1. The van der Waals surface area contributed by atoms with Crippen LogP contribution in [-0.2, 0) is 5.16 Å². The summed E-state index contributed by atoms with van der Waals surface area (Å²) in [6.45, 7) is 6.84. The molecule has 0 fully saturated rings. The van der Waals surface area contributed by atoms with E-state index in [4.69, 9.17) is 9.47 Å². The summed E-state index contributed by atoms with van der Waals surface area (Å²) in [6, 6.07) is 10.4. The normalized spacial score (nSPS) is 14.4. The molecule has 148 valence electrons. The summed E-state index contributed by atoms with van der Waals surface area (Å²) in [5.41, 5.74) is 3.44. The van der Waals surface area contributed by atoms with Gasteiger partial charge in [-0.15, -0.1) is 9.24 Å². The molecule has 3 nitrogen and oxygen atoms in total. The Hall–Kier alpha value is -1.60. The third-order valence-electron chi connectivity index (χ3n) is 5.66. The second kappa shape index (κ2) is 10.1. The molecule has 3 unspecified atom stereocenters. The molecule has 27 heavy (non-hydrogen) atoms. The Balaban J connectivity index is 2.49. The molecule has 0 amide bonds. The van der Waals surface area contributed by atoms with Crippen molar-refractivity contribution < 1.29 is 9.47 Å². The first-order chi connectivity index (χ1) is 13.0. The molecule has 2 rings (SSSR count). The highest BCUT2D eigenvalue weighted by atomic mass is 31.0. The van der Waals surface area contributed by atoms with Gasteiger partial charge in [0, 0.05) is 22.5 Å². The lowest BCUT2D eigenvalue weighted by Crippen LogP contribution is -2.28. The van der Waals surface area contributed by atoms with E-state index in [-0.39, 0.29) is 5.16 Å². The molecule has 3 atom stereocenters. The first-order valence-corrected chi connectivity index (χ1v) is 10.6. The van der Waals surface area contributed by atoms with Gasteiger partial charge in [-0.3, -0.25) is 0 Å². The number of methoxy groups -OCH3 is 2. The van der Waals surface area contributed by atoms with Gasteiger partial charge in [0.15, 0.2) is 0 Å². The molecule has 0 aliphatic carbocycles. The number of unbranched alkanes of at least 4 members (excludes halogenated alkanes) is 2. The van der Waals surface area contributed by atoms with Crippen molar-refractivity contribution >= 4 is 9.24 Å². The molecule has 0 N–H and O–H groups in total. The fraction of sp³-hybridized carbons (Fsp3) is 0.522. The lowest BCUT2D eigenvalue weighted by atomic mass is 9.80. The lowest BCUT2D eigenvalue weighted by molar-refractivity contribution is 0.336. The number of ether oxygens (including phenoxy) is 2. The SMILES string of the molecule is CCCCCC(P)(c1cc(-c2ccc(OC)cc2)cnc1OC)C(C)CC. The molecule has 1 heterocycles.